The highest BCUT2D eigenvalue weighted by molar-refractivity contribution is 5.73. The van der Waals surface area contributed by atoms with Crippen molar-refractivity contribution in [2.75, 3.05) is 0 Å². The minimum Gasteiger partial charge on any atom is -0.0776 e. The Morgan fingerprint density at radius 2 is 1.41 bits per heavy atom. The van der Waals surface area contributed by atoms with E-state index in [2.05, 4.69) is 49.4 Å². The SMILES string of the molecule is C.C.Cc1ccc2c(c1)CCc1ccccc1-2. The molecule has 0 aromatic heterocycles. The van der Waals surface area contributed by atoms with Gasteiger partial charge in [-0.1, -0.05) is 62.9 Å². The van der Waals surface area contributed by atoms with E-state index in [1.54, 1.807) is 0 Å². The lowest BCUT2D eigenvalue weighted by Gasteiger charge is -2.19. The van der Waals surface area contributed by atoms with E-state index in [0.717, 1.165) is 0 Å². The number of hydrogen-bond acceptors (Lipinski definition) is 0. The highest BCUT2D eigenvalue weighted by Crippen LogP contribution is 2.33. The molecule has 90 valence electrons. The van der Waals surface area contributed by atoms with Crippen molar-refractivity contribution in [1.29, 1.82) is 0 Å². The van der Waals surface area contributed by atoms with E-state index < -0.39 is 0 Å². The highest BCUT2D eigenvalue weighted by atomic mass is 14.2. The molecule has 0 aliphatic heterocycles. The summed E-state index contributed by atoms with van der Waals surface area (Å²) < 4.78 is 0. The minimum atomic E-state index is 0. The second-order valence-corrected chi connectivity index (χ2v) is 4.32. The Kier molecular flexibility index (Phi) is 4.11. The van der Waals surface area contributed by atoms with Crippen LogP contribution in [0.25, 0.3) is 11.1 Å². The lowest BCUT2D eigenvalue weighted by Crippen LogP contribution is -2.03. The molecule has 0 heterocycles. The summed E-state index contributed by atoms with van der Waals surface area (Å²) in [4.78, 5) is 0. The molecular weight excluding hydrogens is 204 g/mol. The van der Waals surface area contributed by atoms with Crippen molar-refractivity contribution in [1.82, 2.24) is 0 Å². The quantitative estimate of drug-likeness (QED) is 0.591. The van der Waals surface area contributed by atoms with Gasteiger partial charge in [0.2, 0.25) is 0 Å². The van der Waals surface area contributed by atoms with E-state index in [9.17, 15) is 0 Å². The third-order valence-corrected chi connectivity index (χ3v) is 3.23. The van der Waals surface area contributed by atoms with Gasteiger partial charge in [-0.3, -0.25) is 0 Å². The molecule has 0 saturated carbocycles. The predicted octanol–water partition coefficient (Wildman–Crippen LogP) is 5.03. The molecule has 0 heteroatoms. The van der Waals surface area contributed by atoms with Crippen LogP contribution in [0.4, 0.5) is 0 Å². The zero-order valence-electron chi connectivity index (χ0n) is 8.96. The van der Waals surface area contributed by atoms with E-state index in [-0.39, 0.29) is 14.9 Å². The van der Waals surface area contributed by atoms with Crippen molar-refractivity contribution in [3.05, 3.63) is 59.2 Å². The third-order valence-electron chi connectivity index (χ3n) is 3.23. The maximum absolute atomic E-state index is 2.32. The van der Waals surface area contributed by atoms with Crippen LogP contribution in [-0.2, 0) is 12.8 Å². The summed E-state index contributed by atoms with van der Waals surface area (Å²) in [6.45, 7) is 2.17. The molecule has 0 spiro atoms. The molecule has 0 bridgehead atoms. The van der Waals surface area contributed by atoms with Gasteiger partial charge in [0, 0.05) is 0 Å². The van der Waals surface area contributed by atoms with Crippen LogP contribution in [0.3, 0.4) is 0 Å². The summed E-state index contributed by atoms with van der Waals surface area (Å²) in [6.07, 6.45) is 2.38. The summed E-state index contributed by atoms with van der Waals surface area (Å²) in [5.41, 5.74) is 7.23. The van der Waals surface area contributed by atoms with Gasteiger partial charge in [-0.15, -0.1) is 0 Å². The topological polar surface area (TPSA) is 0 Å². The average molecular weight is 226 g/mol. The minimum absolute atomic E-state index is 0. The molecule has 17 heavy (non-hydrogen) atoms. The maximum Gasteiger partial charge on any atom is -0.0149 e. The maximum atomic E-state index is 2.32. The monoisotopic (exact) mass is 226 g/mol. The summed E-state index contributed by atoms with van der Waals surface area (Å²) in [7, 11) is 0. The number of rotatable bonds is 0. The fourth-order valence-corrected chi connectivity index (χ4v) is 2.46. The number of benzene rings is 2. The fourth-order valence-electron chi connectivity index (χ4n) is 2.46. The van der Waals surface area contributed by atoms with Gasteiger partial charge in [-0.05, 0) is 42.0 Å². The molecule has 1 aliphatic rings. The van der Waals surface area contributed by atoms with Gasteiger partial charge in [0.25, 0.3) is 0 Å². The van der Waals surface area contributed by atoms with Crippen LogP contribution in [0.2, 0.25) is 0 Å². The molecule has 2 aromatic rings. The largest absolute Gasteiger partial charge is 0.0776 e. The van der Waals surface area contributed by atoms with Gasteiger partial charge in [0.15, 0.2) is 0 Å². The standard InChI is InChI=1S/C15H14.2CH4/c1-11-6-9-15-13(10-11)8-7-12-4-2-3-5-14(12)15;;/h2-6,9-10H,7-8H2,1H3;2*1H4. The predicted molar refractivity (Wildman–Crippen MR) is 77.5 cm³/mol. The Labute approximate surface area is 105 Å². The van der Waals surface area contributed by atoms with Gasteiger partial charge >= 0.3 is 0 Å². The molecule has 0 fully saturated rings. The zero-order chi connectivity index (χ0) is 10.3. The molecule has 2 aromatic carbocycles. The fraction of sp³-hybridized carbons (Fsp3) is 0.294. The molecule has 1 aliphatic carbocycles. The Morgan fingerprint density at radius 1 is 0.765 bits per heavy atom. The lowest BCUT2D eigenvalue weighted by atomic mass is 9.85. The van der Waals surface area contributed by atoms with Crippen LogP contribution in [0, 0.1) is 6.92 Å². The average Bonchev–Trinajstić information content (AvgIpc) is 2.28. The van der Waals surface area contributed by atoms with Crippen LogP contribution in [0.1, 0.15) is 31.5 Å². The number of aryl methyl sites for hydroxylation is 3. The molecule has 0 amide bonds. The molecule has 3 rings (SSSR count). The van der Waals surface area contributed by atoms with Crippen molar-refractivity contribution < 1.29 is 0 Å². The third kappa shape index (κ3) is 2.26. The Hall–Kier alpha value is -1.56. The highest BCUT2D eigenvalue weighted by Gasteiger charge is 2.14. The summed E-state index contributed by atoms with van der Waals surface area (Å²) in [5.74, 6) is 0. The van der Waals surface area contributed by atoms with Crippen molar-refractivity contribution in [2.45, 2.75) is 34.6 Å². The van der Waals surface area contributed by atoms with Gasteiger partial charge in [0.1, 0.15) is 0 Å². The van der Waals surface area contributed by atoms with Crippen molar-refractivity contribution in [2.24, 2.45) is 0 Å². The van der Waals surface area contributed by atoms with Crippen LogP contribution < -0.4 is 0 Å². The smallest absolute Gasteiger partial charge is 0.0149 e. The normalized spacial score (nSPS) is 11.6. The first-order valence-electron chi connectivity index (χ1n) is 5.52. The lowest BCUT2D eigenvalue weighted by molar-refractivity contribution is 0.940. The second kappa shape index (κ2) is 5.18. The Balaban J connectivity index is 0.000000722. The van der Waals surface area contributed by atoms with E-state index in [1.165, 1.54) is 40.7 Å². The van der Waals surface area contributed by atoms with E-state index in [4.69, 9.17) is 0 Å². The van der Waals surface area contributed by atoms with Crippen molar-refractivity contribution in [3.8, 4) is 11.1 Å². The van der Waals surface area contributed by atoms with Crippen molar-refractivity contribution in [3.63, 3.8) is 0 Å². The van der Waals surface area contributed by atoms with Gasteiger partial charge in [-0.2, -0.15) is 0 Å². The molecule has 0 atom stereocenters. The first-order valence-corrected chi connectivity index (χ1v) is 5.52. The Morgan fingerprint density at radius 3 is 2.24 bits per heavy atom. The second-order valence-electron chi connectivity index (χ2n) is 4.32. The first-order chi connectivity index (χ1) is 7.34. The van der Waals surface area contributed by atoms with Crippen LogP contribution in [0.5, 0.6) is 0 Å². The summed E-state index contributed by atoms with van der Waals surface area (Å²) >= 11 is 0. The molecule has 0 saturated heterocycles. The van der Waals surface area contributed by atoms with Crippen LogP contribution in [0.15, 0.2) is 42.5 Å². The number of fused-ring (bicyclic) bond motifs is 3. The van der Waals surface area contributed by atoms with E-state index in [1.807, 2.05) is 0 Å². The first kappa shape index (κ1) is 13.5. The molecule has 0 nitrogen and oxygen atoms in total. The van der Waals surface area contributed by atoms with E-state index in [0.29, 0.717) is 0 Å². The van der Waals surface area contributed by atoms with Crippen LogP contribution in [-0.4, -0.2) is 0 Å². The Bertz CT molecular complexity index is 509. The molecule has 0 radical (unpaired) electrons. The summed E-state index contributed by atoms with van der Waals surface area (Å²) in [6, 6.07) is 15.6. The van der Waals surface area contributed by atoms with E-state index >= 15 is 0 Å². The van der Waals surface area contributed by atoms with Gasteiger partial charge in [-0.25, -0.2) is 0 Å². The number of hydrogen-bond donors (Lipinski definition) is 0. The van der Waals surface area contributed by atoms with Crippen molar-refractivity contribution >= 4 is 0 Å². The molecular formula is C17H22. The zero-order valence-corrected chi connectivity index (χ0v) is 8.96. The molecule has 0 N–H and O–H groups in total. The molecule has 0 unspecified atom stereocenters. The van der Waals surface area contributed by atoms with Gasteiger partial charge in [0.05, 0.1) is 0 Å². The van der Waals surface area contributed by atoms with Crippen LogP contribution >= 0.6 is 0 Å². The van der Waals surface area contributed by atoms with Gasteiger partial charge < -0.3 is 0 Å². The summed E-state index contributed by atoms with van der Waals surface area (Å²) in [5, 5.41) is 0.